The summed E-state index contributed by atoms with van der Waals surface area (Å²) in [5.74, 6) is 5.65. The first-order valence-electron chi connectivity index (χ1n) is 5.62. The fourth-order valence-electron chi connectivity index (χ4n) is 2.35. The minimum absolute atomic E-state index is 0.0835. The van der Waals surface area contributed by atoms with Crippen molar-refractivity contribution in [3.05, 3.63) is 33.8 Å². The smallest absolute Gasteiger partial charge is 0.0862 e. The van der Waals surface area contributed by atoms with Crippen molar-refractivity contribution in [3.63, 3.8) is 0 Å². The summed E-state index contributed by atoms with van der Waals surface area (Å²) in [5, 5.41) is 1.08. The molecule has 0 saturated carbocycles. The van der Waals surface area contributed by atoms with E-state index in [-0.39, 0.29) is 11.6 Å². The van der Waals surface area contributed by atoms with Crippen molar-refractivity contribution in [2.45, 2.75) is 31.4 Å². The van der Waals surface area contributed by atoms with Gasteiger partial charge in [-0.1, -0.05) is 29.3 Å². The standard InChI is InChI=1S/C12H16Cl2N2O/c1-12(5-2-6-17-12)11(16-15)8-3-4-9(13)10(14)7-8/h3-4,7,11,16H,2,5-6,15H2,1H3. The summed E-state index contributed by atoms with van der Waals surface area (Å²) >= 11 is 11.9. The first-order chi connectivity index (χ1) is 8.07. The van der Waals surface area contributed by atoms with Crippen molar-refractivity contribution in [2.24, 2.45) is 5.84 Å². The molecule has 1 aromatic rings. The molecule has 17 heavy (non-hydrogen) atoms. The SMILES string of the molecule is CC1(C(NN)c2ccc(Cl)c(Cl)c2)CCCO1. The molecule has 1 saturated heterocycles. The van der Waals surface area contributed by atoms with Crippen LogP contribution in [0.4, 0.5) is 0 Å². The number of benzene rings is 1. The third-order valence-corrected chi connectivity index (χ3v) is 4.04. The van der Waals surface area contributed by atoms with Crippen molar-refractivity contribution >= 4 is 23.2 Å². The Kier molecular flexibility index (Phi) is 3.95. The number of hydrogen-bond acceptors (Lipinski definition) is 3. The van der Waals surface area contributed by atoms with Crippen LogP contribution in [-0.2, 0) is 4.74 Å². The number of rotatable bonds is 3. The molecular formula is C12H16Cl2N2O. The van der Waals surface area contributed by atoms with E-state index in [9.17, 15) is 0 Å². The topological polar surface area (TPSA) is 47.3 Å². The lowest BCUT2D eigenvalue weighted by molar-refractivity contribution is -0.0125. The number of nitrogens with one attached hydrogen (secondary N) is 1. The summed E-state index contributed by atoms with van der Waals surface area (Å²) in [7, 11) is 0. The van der Waals surface area contributed by atoms with E-state index in [1.165, 1.54) is 0 Å². The van der Waals surface area contributed by atoms with Crippen LogP contribution in [0.2, 0.25) is 10.0 Å². The van der Waals surface area contributed by atoms with Crippen molar-refractivity contribution < 1.29 is 4.74 Å². The van der Waals surface area contributed by atoms with E-state index >= 15 is 0 Å². The second kappa shape index (κ2) is 5.12. The third-order valence-electron chi connectivity index (χ3n) is 3.30. The number of nitrogens with two attached hydrogens (primary N) is 1. The van der Waals surface area contributed by atoms with E-state index in [4.69, 9.17) is 33.8 Å². The highest BCUT2D eigenvalue weighted by Gasteiger charge is 2.38. The Morgan fingerprint density at radius 2 is 2.18 bits per heavy atom. The highest BCUT2D eigenvalue weighted by atomic mass is 35.5. The molecule has 3 N–H and O–H groups in total. The van der Waals surface area contributed by atoms with Crippen LogP contribution in [-0.4, -0.2) is 12.2 Å². The van der Waals surface area contributed by atoms with E-state index in [0.29, 0.717) is 10.0 Å². The number of ether oxygens (including phenoxy) is 1. The minimum atomic E-state index is -0.286. The summed E-state index contributed by atoms with van der Waals surface area (Å²) in [4.78, 5) is 0. The lowest BCUT2D eigenvalue weighted by atomic mass is 9.88. The Labute approximate surface area is 111 Å². The van der Waals surface area contributed by atoms with Crippen molar-refractivity contribution in [1.82, 2.24) is 5.43 Å². The quantitative estimate of drug-likeness (QED) is 0.658. The van der Waals surface area contributed by atoms with Gasteiger partial charge in [0.25, 0.3) is 0 Å². The van der Waals surface area contributed by atoms with E-state index in [1.54, 1.807) is 6.07 Å². The van der Waals surface area contributed by atoms with Crippen LogP contribution in [0.15, 0.2) is 18.2 Å². The van der Waals surface area contributed by atoms with Crippen LogP contribution >= 0.6 is 23.2 Å². The van der Waals surface area contributed by atoms with Gasteiger partial charge in [0.05, 0.1) is 21.7 Å². The summed E-state index contributed by atoms with van der Waals surface area (Å²) < 4.78 is 5.80. The fourth-order valence-corrected chi connectivity index (χ4v) is 2.65. The van der Waals surface area contributed by atoms with Crippen LogP contribution in [0.3, 0.4) is 0 Å². The van der Waals surface area contributed by atoms with Crippen LogP contribution in [0.1, 0.15) is 31.4 Å². The highest BCUT2D eigenvalue weighted by Crippen LogP contribution is 2.38. The summed E-state index contributed by atoms with van der Waals surface area (Å²) in [5.41, 5.74) is 3.53. The maximum atomic E-state index is 6.03. The zero-order chi connectivity index (χ0) is 12.5. The predicted molar refractivity (Wildman–Crippen MR) is 70.1 cm³/mol. The Hall–Kier alpha value is -0.320. The predicted octanol–water partition coefficient (Wildman–Crippen LogP) is 3.07. The first kappa shape index (κ1) is 13.1. The molecule has 0 amide bonds. The van der Waals surface area contributed by atoms with Crippen LogP contribution in [0, 0.1) is 0 Å². The molecule has 1 fully saturated rings. The second-order valence-corrected chi connectivity index (χ2v) is 5.35. The van der Waals surface area contributed by atoms with E-state index in [2.05, 4.69) is 12.3 Å². The molecule has 2 atom stereocenters. The van der Waals surface area contributed by atoms with Crippen molar-refractivity contribution in [3.8, 4) is 0 Å². The monoisotopic (exact) mass is 274 g/mol. The Morgan fingerprint density at radius 1 is 1.41 bits per heavy atom. The van der Waals surface area contributed by atoms with Gasteiger partial charge in [-0.25, -0.2) is 0 Å². The Bertz CT molecular complexity index is 405. The Balaban J connectivity index is 2.31. The van der Waals surface area contributed by atoms with Crippen molar-refractivity contribution in [1.29, 1.82) is 0 Å². The molecule has 5 heteroatoms. The largest absolute Gasteiger partial charge is 0.373 e. The molecule has 94 valence electrons. The lowest BCUT2D eigenvalue weighted by Crippen LogP contribution is -2.44. The van der Waals surface area contributed by atoms with Gasteiger partial charge in [0.1, 0.15) is 0 Å². The molecule has 3 nitrogen and oxygen atoms in total. The molecule has 0 aromatic heterocycles. The normalized spacial score (nSPS) is 26.1. The zero-order valence-corrected chi connectivity index (χ0v) is 11.2. The van der Waals surface area contributed by atoms with E-state index in [1.807, 2.05) is 12.1 Å². The van der Waals surface area contributed by atoms with Gasteiger partial charge in [-0.05, 0) is 37.5 Å². The van der Waals surface area contributed by atoms with E-state index < -0.39 is 0 Å². The zero-order valence-electron chi connectivity index (χ0n) is 9.67. The number of halogens is 2. The summed E-state index contributed by atoms with van der Waals surface area (Å²) in [6.07, 6.45) is 2.03. The molecule has 0 radical (unpaired) electrons. The number of hydrazine groups is 1. The van der Waals surface area contributed by atoms with Gasteiger partial charge in [-0.15, -0.1) is 0 Å². The number of hydrogen-bond donors (Lipinski definition) is 2. The van der Waals surface area contributed by atoms with Gasteiger partial charge in [0, 0.05) is 6.61 Å². The van der Waals surface area contributed by atoms with Crippen molar-refractivity contribution in [2.75, 3.05) is 6.61 Å². The van der Waals surface area contributed by atoms with Gasteiger partial charge in [0.15, 0.2) is 0 Å². The average molecular weight is 275 g/mol. The molecule has 0 spiro atoms. The minimum Gasteiger partial charge on any atom is -0.373 e. The van der Waals surface area contributed by atoms with Crippen LogP contribution in [0.25, 0.3) is 0 Å². The second-order valence-electron chi connectivity index (χ2n) is 4.54. The molecular weight excluding hydrogens is 259 g/mol. The molecule has 1 aliphatic rings. The van der Waals surface area contributed by atoms with Gasteiger partial charge in [-0.2, -0.15) is 0 Å². The highest BCUT2D eigenvalue weighted by molar-refractivity contribution is 6.42. The maximum absolute atomic E-state index is 6.03. The molecule has 1 aliphatic heterocycles. The van der Waals surface area contributed by atoms with Gasteiger partial charge in [0.2, 0.25) is 0 Å². The summed E-state index contributed by atoms with van der Waals surface area (Å²) in [6, 6.07) is 5.45. The van der Waals surface area contributed by atoms with E-state index in [0.717, 1.165) is 25.0 Å². The lowest BCUT2D eigenvalue weighted by Gasteiger charge is -2.33. The van der Waals surface area contributed by atoms with Gasteiger partial charge in [-0.3, -0.25) is 11.3 Å². The maximum Gasteiger partial charge on any atom is 0.0862 e. The van der Waals surface area contributed by atoms with Gasteiger partial charge < -0.3 is 4.74 Å². The van der Waals surface area contributed by atoms with Crippen LogP contribution < -0.4 is 11.3 Å². The van der Waals surface area contributed by atoms with Crippen LogP contribution in [0.5, 0.6) is 0 Å². The first-order valence-corrected chi connectivity index (χ1v) is 6.37. The molecule has 0 bridgehead atoms. The molecule has 2 rings (SSSR count). The molecule has 2 unspecified atom stereocenters. The molecule has 1 aromatic carbocycles. The molecule has 0 aliphatic carbocycles. The Morgan fingerprint density at radius 3 is 2.71 bits per heavy atom. The van der Waals surface area contributed by atoms with Gasteiger partial charge >= 0.3 is 0 Å². The molecule has 1 heterocycles. The summed E-state index contributed by atoms with van der Waals surface area (Å²) in [6.45, 7) is 2.84. The average Bonchev–Trinajstić information content (AvgIpc) is 2.72. The third kappa shape index (κ3) is 2.59. The fraction of sp³-hybridized carbons (Fsp3) is 0.500.